The average molecular weight is 569 g/mol. The zero-order chi connectivity index (χ0) is 26.7. The van der Waals surface area contributed by atoms with E-state index < -0.39 is 7.26 Å². The molecule has 0 bridgehead atoms. The van der Waals surface area contributed by atoms with Crippen molar-refractivity contribution in [1.29, 1.82) is 0 Å². The Kier molecular flexibility index (Phi) is 17.4. The molecule has 0 aliphatic carbocycles. The second-order valence-corrected chi connectivity index (χ2v) is 13.9. The molecule has 0 saturated heterocycles. The highest BCUT2D eigenvalue weighted by atomic mass is 35.5. The minimum Gasteiger partial charge on any atom is -1.00 e. The highest BCUT2D eigenvalue weighted by molar-refractivity contribution is 7.95. The van der Waals surface area contributed by atoms with Crippen molar-refractivity contribution < 1.29 is 21.9 Å². The molecule has 0 atom stereocenters. The first kappa shape index (κ1) is 33.5. The second-order valence-electron chi connectivity index (χ2n) is 10.3. The first-order valence-electron chi connectivity index (χ1n) is 15.1. The molecule has 0 fully saturated rings. The maximum Gasteiger partial charge on any atom is 0.157 e. The largest absolute Gasteiger partial charge is 1.00 e. The molecule has 4 heteroatoms. The van der Waals surface area contributed by atoms with E-state index in [2.05, 4.69) is 105 Å². The van der Waals surface area contributed by atoms with Gasteiger partial charge in [0.2, 0.25) is 0 Å². The van der Waals surface area contributed by atoms with Crippen molar-refractivity contribution >= 4 is 23.2 Å². The fourth-order valence-corrected chi connectivity index (χ4v) is 9.59. The summed E-state index contributed by atoms with van der Waals surface area (Å²) in [6.45, 7) is 6.06. The van der Waals surface area contributed by atoms with Crippen molar-refractivity contribution in [2.24, 2.45) is 0 Å². The molecule has 214 valence electrons. The molecule has 0 N–H and O–H groups in total. The first-order valence-corrected chi connectivity index (χ1v) is 17.1. The van der Waals surface area contributed by atoms with Crippen LogP contribution < -0.4 is 28.3 Å². The van der Waals surface area contributed by atoms with Gasteiger partial charge in [0, 0.05) is 13.2 Å². The quantitative estimate of drug-likeness (QED) is 0.0992. The molecule has 0 unspecified atom stereocenters. The number of rotatable bonds is 20. The molecule has 0 heterocycles. The average Bonchev–Trinajstić information content (AvgIpc) is 2.98. The smallest absolute Gasteiger partial charge is 0.157 e. The van der Waals surface area contributed by atoms with Gasteiger partial charge < -0.3 is 21.9 Å². The van der Waals surface area contributed by atoms with Gasteiger partial charge in [-0.25, -0.2) is 0 Å². The third-order valence-electron chi connectivity index (χ3n) is 7.38. The Morgan fingerprint density at radius 3 is 1.31 bits per heavy atom. The van der Waals surface area contributed by atoms with E-state index in [4.69, 9.17) is 9.47 Å². The van der Waals surface area contributed by atoms with Gasteiger partial charge in [-0.2, -0.15) is 0 Å². The van der Waals surface area contributed by atoms with E-state index in [1.165, 1.54) is 73.4 Å². The molecule has 0 saturated carbocycles. The van der Waals surface area contributed by atoms with Crippen LogP contribution in [0, 0.1) is 0 Å². The van der Waals surface area contributed by atoms with Gasteiger partial charge in [-0.3, -0.25) is 0 Å². The van der Waals surface area contributed by atoms with E-state index in [-0.39, 0.29) is 18.7 Å². The van der Waals surface area contributed by atoms with Crippen LogP contribution in [-0.4, -0.2) is 25.7 Å². The predicted molar refractivity (Wildman–Crippen MR) is 168 cm³/mol. The van der Waals surface area contributed by atoms with Crippen LogP contribution in [0.25, 0.3) is 0 Å². The number of halogens is 1. The lowest BCUT2D eigenvalue weighted by atomic mass is 10.1. The molecule has 0 aliphatic heterocycles. The summed E-state index contributed by atoms with van der Waals surface area (Å²) in [4.78, 5) is 0. The van der Waals surface area contributed by atoms with Crippen LogP contribution in [0.2, 0.25) is 0 Å². The van der Waals surface area contributed by atoms with Crippen LogP contribution in [-0.2, 0) is 9.47 Å². The molecular weight excluding hydrogens is 519 g/mol. The maximum atomic E-state index is 6.02. The maximum absolute atomic E-state index is 6.02. The zero-order valence-electron chi connectivity index (χ0n) is 24.3. The topological polar surface area (TPSA) is 18.5 Å². The highest BCUT2D eigenvalue weighted by Crippen LogP contribution is 2.56. The molecule has 3 rings (SSSR count). The lowest BCUT2D eigenvalue weighted by molar-refractivity contribution is -0.147. The summed E-state index contributed by atoms with van der Waals surface area (Å²) < 4.78 is 12.0. The Balaban J connectivity index is 0.00000533. The molecule has 39 heavy (non-hydrogen) atoms. The predicted octanol–water partition coefficient (Wildman–Crippen LogP) is 5.67. The normalized spacial score (nSPS) is 11.5. The van der Waals surface area contributed by atoms with Crippen molar-refractivity contribution in [3.63, 3.8) is 0 Å². The van der Waals surface area contributed by atoms with Gasteiger partial charge in [-0.05, 0) is 74.9 Å². The van der Waals surface area contributed by atoms with Gasteiger partial charge >= 0.3 is 0 Å². The standard InChI is InChI=1S/C35H50O2P.ClH/c1-3-5-29-36-35(37-30-6-4-2)28-20-9-7-8-10-21-31-38(32-22-14-11-15-23-32,33-24-16-12-17-25-33)34-26-18-13-19-27-34;/h11-19,22-27,35H,3-10,20-21,28-31H2,1-2H3;1H/q+1;/p-1. The third-order valence-corrected chi connectivity index (χ3v) is 11.9. The summed E-state index contributed by atoms with van der Waals surface area (Å²) in [5.74, 6) is 0. The van der Waals surface area contributed by atoms with Gasteiger partial charge in [0.1, 0.15) is 23.2 Å². The van der Waals surface area contributed by atoms with Crippen molar-refractivity contribution in [1.82, 2.24) is 0 Å². The molecule has 0 amide bonds. The summed E-state index contributed by atoms with van der Waals surface area (Å²) >= 11 is 0. The van der Waals surface area contributed by atoms with Gasteiger partial charge in [0.05, 0.1) is 6.16 Å². The number of benzene rings is 3. The van der Waals surface area contributed by atoms with Crippen molar-refractivity contribution in [2.75, 3.05) is 19.4 Å². The van der Waals surface area contributed by atoms with E-state index in [0.29, 0.717) is 0 Å². The fourth-order valence-electron chi connectivity index (χ4n) is 5.18. The molecule has 3 aromatic rings. The second kappa shape index (κ2) is 20.2. The van der Waals surface area contributed by atoms with Crippen LogP contribution in [0.3, 0.4) is 0 Å². The van der Waals surface area contributed by atoms with Crippen molar-refractivity contribution in [2.45, 2.75) is 90.8 Å². The van der Waals surface area contributed by atoms with Crippen LogP contribution in [0.5, 0.6) is 0 Å². The molecular formula is C35H50ClO2P. The molecule has 0 aliphatic rings. The summed E-state index contributed by atoms with van der Waals surface area (Å²) in [5.41, 5.74) is 0. The molecule has 3 aromatic carbocycles. The van der Waals surface area contributed by atoms with E-state index in [1.807, 2.05) is 0 Å². The zero-order valence-corrected chi connectivity index (χ0v) is 25.9. The molecule has 0 radical (unpaired) electrons. The Morgan fingerprint density at radius 1 is 0.513 bits per heavy atom. The summed E-state index contributed by atoms with van der Waals surface area (Å²) in [6.07, 6.45) is 14.4. The van der Waals surface area contributed by atoms with E-state index >= 15 is 0 Å². The fraction of sp³-hybridized carbons (Fsp3) is 0.486. The van der Waals surface area contributed by atoms with Crippen LogP contribution in [0.15, 0.2) is 91.0 Å². The lowest BCUT2D eigenvalue weighted by Gasteiger charge is -2.27. The Bertz CT molecular complexity index is 861. The third kappa shape index (κ3) is 11.0. The Labute approximate surface area is 245 Å². The van der Waals surface area contributed by atoms with E-state index in [1.54, 1.807) is 0 Å². The monoisotopic (exact) mass is 568 g/mol. The number of hydrogen-bond donors (Lipinski definition) is 0. The minimum atomic E-state index is -1.69. The van der Waals surface area contributed by atoms with Crippen LogP contribution >= 0.6 is 7.26 Å². The van der Waals surface area contributed by atoms with E-state index in [9.17, 15) is 0 Å². The van der Waals surface area contributed by atoms with Crippen molar-refractivity contribution in [3.05, 3.63) is 91.0 Å². The number of ether oxygens (including phenoxy) is 2. The van der Waals surface area contributed by atoms with Gasteiger partial charge in [0.25, 0.3) is 0 Å². The lowest BCUT2D eigenvalue weighted by Crippen LogP contribution is -3.00. The first-order chi connectivity index (χ1) is 18.8. The number of hydrogen-bond acceptors (Lipinski definition) is 2. The van der Waals surface area contributed by atoms with Gasteiger partial charge in [-0.1, -0.05) is 101 Å². The SMILES string of the molecule is CCCCOC(CCCCCCCC[P+](c1ccccc1)(c1ccccc1)c1ccccc1)OCCCC.[Cl-]. The minimum absolute atomic E-state index is 0. The Morgan fingerprint density at radius 2 is 0.897 bits per heavy atom. The van der Waals surface area contributed by atoms with Crippen molar-refractivity contribution in [3.8, 4) is 0 Å². The van der Waals surface area contributed by atoms with E-state index in [0.717, 1.165) is 32.5 Å². The van der Waals surface area contributed by atoms with Gasteiger partial charge in [0.15, 0.2) is 6.29 Å². The Hall–Kier alpha value is -1.70. The van der Waals surface area contributed by atoms with Crippen LogP contribution in [0.1, 0.15) is 84.5 Å². The molecule has 2 nitrogen and oxygen atoms in total. The molecule has 0 aromatic heterocycles. The number of unbranched alkanes of at least 4 members (excludes halogenated alkanes) is 7. The van der Waals surface area contributed by atoms with Crippen LogP contribution in [0.4, 0.5) is 0 Å². The molecule has 0 spiro atoms. The summed E-state index contributed by atoms with van der Waals surface area (Å²) in [5, 5.41) is 4.48. The highest BCUT2D eigenvalue weighted by Gasteiger charge is 2.44. The summed E-state index contributed by atoms with van der Waals surface area (Å²) in [6, 6.07) is 33.8. The summed E-state index contributed by atoms with van der Waals surface area (Å²) in [7, 11) is -1.69. The van der Waals surface area contributed by atoms with Gasteiger partial charge in [-0.15, -0.1) is 0 Å².